The number of aromatic nitrogens is 2. The lowest BCUT2D eigenvalue weighted by atomic mass is 9.92. The van der Waals surface area contributed by atoms with Crippen molar-refractivity contribution in [2.75, 3.05) is 6.54 Å². The highest BCUT2D eigenvalue weighted by Gasteiger charge is 2.25. The quantitative estimate of drug-likeness (QED) is 0.840. The second kappa shape index (κ2) is 7.40. The highest BCUT2D eigenvalue weighted by Crippen LogP contribution is 2.15. The van der Waals surface area contributed by atoms with Crippen LogP contribution in [0, 0.1) is 5.92 Å². The zero-order valence-electron chi connectivity index (χ0n) is 14.2. The SMILES string of the molecule is CC(C)C(C)(O)CNC(=O)Cn1nc(-c2ccccc2)ccc1=O. The van der Waals surface area contributed by atoms with Gasteiger partial charge in [-0.15, -0.1) is 0 Å². The Bertz CT molecular complexity index is 752. The van der Waals surface area contributed by atoms with Gasteiger partial charge in [0.2, 0.25) is 5.91 Å². The molecule has 1 aromatic heterocycles. The first-order valence-electron chi connectivity index (χ1n) is 7.92. The van der Waals surface area contributed by atoms with Crippen LogP contribution >= 0.6 is 0 Å². The predicted octanol–water partition coefficient (Wildman–Crippen LogP) is 1.43. The molecule has 0 bridgehead atoms. The van der Waals surface area contributed by atoms with Crippen molar-refractivity contribution >= 4 is 5.91 Å². The van der Waals surface area contributed by atoms with Crippen molar-refractivity contribution < 1.29 is 9.90 Å². The Morgan fingerprint density at radius 3 is 2.54 bits per heavy atom. The summed E-state index contributed by atoms with van der Waals surface area (Å²) in [5.74, 6) is -0.365. The number of carbonyl (C=O) groups is 1. The summed E-state index contributed by atoms with van der Waals surface area (Å²) in [4.78, 5) is 24.0. The first-order valence-corrected chi connectivity index (χ1v) is 7.92. The topological polar surface area (TPSA) is 84.2 Å². The van der Waals surface area contributed by atoms with E-state index in [1.165, 1.54) is 6.07 Å². The van der Waals surface area contributed by atoms with Gasteiger partial charge in [-0.25, -0.2) is 4.68 Å². The Kier molecular flexibility index (Phi) is 5.51. The second-order valence-corrected chi connectivity index (χ2v) is 6.37. The molecule has 0 radical (unpaired) electrons. The summed E-state index contributed by atoms with van der Waals surface area (Å²) in [5, 5.41) is 17.0. The highest BCUT2D eigenvalue weighted by atomic mass is 16.3. The van der Waals surface area contributed by atoms with E-state index in [4.69, 9.17) is 0 Å². The van der Waals surface area contributed by atoms with Gasteiger partial charge in [0.25, 0.3) is 5.56 Å². The van der Waals surface area contributed by atoms with Gasteiger partial charge in [-0.1, -0.05) is 44.2 Å². The smallest absolute Gasteiger partial charge is 0.267 e. The van der Waals surface area contributed by atoms with Gasteiger partial charge in [-0.2, -0.15) is 5.10 Å². The molecule has 0 aliphatic rings. The lowest BCUT2D eigenvalue weighted by molar-refractivity contribution is -0.123. The van der Waals surface area contributed by atoms with Crippen molar-refractivity contribution in [3.05, 3.63) is 52.8 Å². The molecule has 1 atom stereocenters. The molecular weight excluding hydrogens is 306 g/mol. The zero-order valence-corrected chi connectivity index (χ0v) is 14.2. The van der Waals surface area contributed by atoms with Gasteiger partial charge in [-0.3, -0.25) is 9.59 Å². The minimum atomic E-state index is -1.00. The van der Waals surface area contributed by atoms with E-state index in [-0.39, 0.29) is 30.5 Å². The second-order valence-electron chi connectivity index (χ2n) is 6.37. The van der Waals surface area contributed by atoms with Gasteiger partial charge >= 0.3 is 0 Å². The molecule has 2 N–H and O–H groups in total. The molecule has 0 aliphatic carbocycles. The maximum absolute atomic E-state index is 12.1. The van der Waals surface area contributed by atoms with Gasteiger partial charge < -0.3 is 10.4 Å². The summed E-state index contributed by atoms with van der Waals surface area (Å²) < 4.78 is 1.13. The Labute approximate surface area is 141 Å². The van der Waals surface area contributed by atoms with Crippen LogP contribution in [0.15, 0.2) is 47.3 Å². The fourth-order valence-corrected chi connectivity index (χ4v) is 2.00. The zero-order chi connectivity index (χ0) is 17.7. The molecule has 6 nitrogen and oxygen atoms in total. The van der Waals surface area contributed by atoms with Crippen LogP contribution in [0.4, 0.5) is 0 Å². The monoisotopic (exact) mass is 329 g/mol. The van der Waals surface area contributed by atoms with E-state index >= 15 is 0 Å². The molecule has 2 rings (SSSR count). The molecule has 0 saturated heterocycles. The molecule has 24 heavy (non-hydrogen) atoms. The van der Waals surface area contributed by atoms with Crippen molar-refractivity contribution in [2.24, 2.45) is 5.92 Å². The molecule has 1 heterocycles. The average molecular weight is 329 g/mol. The number of hydrogen-bond acceptors (Lipinski definition) is 4. The van der Waals surface area contributed by atoms with Crippen molar-refractivity contribution in [3.63, 3.8) is 0 Å². The van der Waals surface area contributed by atoms with Gasteiger partial charge in [0, 0.05) is 18.2 Å². The van der Waals surface area contributed by atoms with Crippen LogP contribution in [-0.2, 0) is 11.3 Å². The van der Waals surface area contributed by atoms with Crippen molar-refractivity contribution in [1.29, 1.82) is 0 Å². The van der Waals surface area contributed by atoms with Crippen molar-refractivity contribution in [2.45, 2.75) is 32.9 Å². The van der Waals surface area contributed by atoms with E-state index < -0.39 is 5.60 Å². The summed E-state index contributed by atoms with van der Waals surface area (Å²) in [5.41, 5.74) is 0.145. The van der Waals surface area contributed by atoms with Crippen LogP contribution in [0.3, 0.4) is 0 Å². The standard InChI is InChI=1S/C18H23N3O3/c1-13(2)18(3,24)12-19-16(22)11-21-17(23)10-9-15(20-21)14-7-5-4-6-8-14/h4-10,13,24H,11-12H2,1-3H3,(H,19,22). The molecule has 1 amide bonds. The van der Waals surface area contributed by atoms with E-state index in [1.807, 2.05) is 44.2 Å². The van der Waals surface area contributed by atoms with Crippen molar-refractivity contribution in [3.8, 4) is 11.3 Å². The van der Waals surface area contributed by atoms with E-state index in [2.05, 4.69) is 10.4 Å². The number of carbonyl (C=O) groups excluding carboxylic acids is 1. The van der Waals surface area contributed by atoms with Crippen LogP contribution < -0.4 is 10.9 Å². The number of nitrogens with zero attached hydrogens (tertiary/aromatic N) is 2. The first kappa shape index (κ1) is 17.9. The fraction of sp³-hybridized carbons (Fsp3) is 0.389. The summed E-state index contributed by atoms with van der Waals surface area (Å²) >= 11 is 0. The normalized spacial score (nSPS) is 13.5. The third-order valence-electron chi connectivity index (χ3n) is 4.12. The molecule has 2 aromatic rings. The average Bonchev–Trinajstić information content (AvgIpc) is 2.56. The molecule has 0 saturated carbocycles. The van der Waals surface area contributed by atoms with Gasteiger partial charge in [0.05, 0.1) is 11.3 Å². The minimum Gasteiger partial charge on any atom is -0.388 e. The molecule has 128 valence electrons. The maximum atomic E-state index is 12.1. The number of aliphatic hydroxyl groups is 1. The van der Waals surface area contributed by atoms with E-state index in [1.54, 1.807) is 13.0 Å². The number of rotatable bonds is 6. The van der Waals surface area contributed by atoms with Crippen LogP contribution in [-0.4, -0.2) is 32.9 Å². The number of benzene rings is 1. The van der Waals surface area contributed by atoms with Gasteiger partial charge in [0.15, 0.2) is 0 Å². The van der Waals surface area contributed by atoms with Crippen LogP contribution in [0.2, 0.25) is 0 Å². The Morgan fingerprint density at radius 1 is 1.25 bits per heavy atom. The lowest BCUT2D eigenvalue weighted by Gasteiger charge is -2.27. The van der Waals surface area contributed by atoms with Gasteiger partial charge in [-0.05, 0) is 18.9 Å². The summed E-state index contributed by atoms with van der Waals surface area (Å²) in [7, 11) is 0. The molecule has 1 aromatic carbocycles. The number of hydrogen-bond donors (Lipinski definition) is 2. The molecule has 0 aliphatic heterocycles. The summed E-state index contributed by atoms with van der Waals surface area (Å²) in [6.07, 6.45) is 0. The number of amides is 1. The molecule has 1 unspecified atom stereocenters. The summed E-state index contributed by atoms with van der Waals surface area (Å²) in [6.45, 7) is 5.35. The molecule has 6 heteroatoms. The van der Waals surface area contributed by atoms with Gasteiger partial charge in [0.1, 0.15) is 6.54 Å². The summed E-state index contributed by atoms with van der Waals surface area (Å²) in [6, 6.07) is 12.5. The molecule has 0 fully saturated rings. The van der Waals surface area contributed by atoms with E-state index in [9.17, 15) is 14.7 Å². The molecular formula is C18H23N3O3. The Hall–Kier alpha value is -2.47. The molecule has 0 spiro atoms. The largest absolute Gasteiger partial charge is 0.388 e. The third kappa shape index (κ3) is 4.52. The van der Waals surface area contributed by atoms with Crippen LogP contribution in [0.25, 0.3) is 11.3 Å². The van der Waals surface area contributed by atoms with Crippen molar-refractivity contribution in [1.82, 2.24) is 15.1 Å². The fourth-order valence-electron chi connectivity index (χ4n) is 2.00. The first-order chi connectivity index (χ1) is 11.3. The van der Waals surface area contributed by atoms with Crippen LogP contribution in [0.5, 0.6) is 0 Å². The Balaban J connectivity index is 2.10. The minimum absolute atomic E-state index is 0.0000519. The maximum Gasteiger partial charge on any atom is 0.267 e. The predicted molar refractivity (Wildman–Crippen MR) is 92.4 cm³/mol. The van der Waals surface area contributed by atoms with E-state index in [0.717, 1.165) is 10.2 Å². The van der Waals surface area contributed by atoms with Crippen LogP contribution in [0.1, 0.15) is 20.8 Å². The third-order valence-corrected chi connectivity index (χ3v) is 4.12. The highest BCUT2D eigenvalue weighted by molar-refractivity contribution is 5.75. The Morgan fingerprint density at radius 2 is 1.92 bits per heavy atom. The van der Waals surface area contributed by atoms with E-state index in [0.29, 0.717) is 5.69 Å². The lowest BCUT2D eigenvalue weighted by Crippen LogP contribution is -2.45. The number of nitrogens with one attached hydrogen (secondary N) is 1.